The maximum absolute atomic E-state index is 10.4. The van der Waals surface area contributed by atoms with E-state index in [0.717, 1.165) is 6.42 Å². The lowest BCUT2D eigenvalue weighted by atomic mass is 10.4. The number of rotatable bonds is 4. The number of halogens is 1. The molecule has 0 aliphatic rings. The Bertz CT molecular complexity index is 122. The molecule has 0 fully saturated rings. The minimum absolute atomic E-state index is 0.406. The Morgan fingerprint density at radius 2 is 2.40 bits per heavy atom. The smallest absolute Gasteiger partial charge is 0.341 e. The minimum atomic E-state index is -0.406. The molecule has 0 aromatic rings. The van der Waals surface area contributed by atoms with Crippen molar-refractivity contribution in [3.63, 3.8) is 0 Å². The predicted octanol–water partition coefficient (Wildman–Crippen LogP) is 1.43. The van der Waals surface area contributed by atoms with Crippen LogP contribution in [0.1, 0.15) is 6.42 Å². The van der Waals surface area contributed by atoms with Crippen LogP contribution in [-0.2, 0) is 13.4 Å². The molecule has 0 amide bonds. The van der Waals surface area contributed by atoms with Crippen molar-refractivity contribution in [2.75, 3.05) is 13.7 Å². The van der Waals surface area contributed by atoms with Crippen LogP contribution in [0.15, 0.2) is 12.2 Å². The van der Waals surface area contributed by atoms with E-state index in [1.165, 1.54) is 6.08 Å². The van der Waals surface area contributed by atoms with Crippen molar-refractivity contribution in [3.05, 3.63) is 12.2 Å². The highest BCUT2D eigenvalue weighted by molar-refractivity contribution is 9.06. The molecule has 0 saturated carbocycles. The lowest BCUT2D eigenvalue weighted by Crippen LogP contribution is -1.90. The van der Waals surface area contributed by atoms with Crippen molar-refractivity contribution >= 4 is 22.2 Å². The largest absolute Gasteiger partial charge is 0.384 e. The van der Waals surface area contributed by atoms with E-state index in [9.17, 15) is 4.79 Å². The highest BCUT2D eigenvalue weighted by Gasteiger charge is 1.89. The number of carbonyl (C=O) groups is 1. The van der Waals surface area contributed by atoms with Crippen LogP contribution in [0, 0.1) is 0 Å². The molecule has 0 bridgehead atoms. The molecule has 0 aromatic carbocycles. The van der Waals surface area contributed by atoms with Crippen molar-refractivity contribution in [2.24, 2.45) is 0 Å². The minimum Gasteiger partial charge on any atom is -0.384 e. The van der Waals surface area contributed by atoms with Crippen LogP contribution in [0.3, 0.4) is 0 Å². The first kappa shape index (κ1) is 9.65. The molecule has 0 atom stereocenters. The van der Waals surface area contributed by atoms with Gasteiger partial charge in [0.1, 0.15) is 0 Å². The highest BCUT2D eigenvalue weighted by atomic mass is 79.9. The molecule has 0 radical (unpaired) electrons. The van der Waals surface area contributed by atoms with Gasteiger partial charge in [0, 0.05) is 19.8 Å². The predicted molar refractivity (Wildman–Crippen MR) is 40.7 cm³/mol. The summed E-state index contributed by atoms with van der Waals surface area (Å²) < 4.78 is 8.92. The van der Waals surface area contributed by atoms with Crippen LogP contribution in [0.5, 0.6) is 0 Å². The van der Waals surface area contributed by atoms with Gasteiger partial charge >= 0.3 is 5.97 Å². The summed E-state index contributed by atoms with van der Waals surface area (Å²) in [4.78, 5) is 10.4. The number of methoxy groups -OCH3 is 1. The van der Waals surface area contributed by atoms with E-state index in [0.29, 0.717) is 6.61 Å². The zero-order valence-corrected chi connectivity index (χ0v) is 7.26. The van der Waals surface area contributed by atoms with E-state index in [1.807, 2.05) is 0 Å². The van der Waals surface area contributed by atoms with Gasteiger partial charge in [-0.05, 0) is 6.42 Å². The van der Waals surface area contributed by atoms with Gasteiger partial charge in [0.05, 0.1) is 0 Å². The Morgan fingerprint density at radius 3 is 2.90 bits per heavy atom. The summed E-state index contributed by atoms with van der Waals surface area (Å²) in [6.07, 6.45) is 3.75. The summed E-state index contributed by atoms with van der Waals surface area (Å²) in [5.74, 6) is -0.406. The molecule has 0 aliphatic carbocycles. The third kappa shape index (κ3) is 5.78. The Hall–Kier alpha value is -0.350. The molecule has 0 N–H and O–H groups in total. The van der Waals surface area contributed by atoms with Crippen molar-refractivity contribution in [1.29, 1.82) is 0 Å². The van der Waals surface area contributed by atoms with Gasteiger partial charge < -0.3 is 8.57 Å². The number of ether oxygens (including phenoxy) is 1. The summed E-state index contributed by atoms with van der Waals surface area (Å²) in [5.41, 5.74) is 0. The van der Waals surface area contributed by atoms with Crippen molar-refractivity contribution in [1.82, 2.24) is 0 Å². The lowest BCUT2D eigenvalue weighted by molar-refractivity contribution is -0.127. The zero-order chi connectivity index (χ0) is 7.82. The highest BCUT2D eigenvalue weighted by Crippen LogP contribution is 1.89. The number of hydrogen-bond acceptors (Lipinski definition) is 3. The van der Waals surface area contributed by atoms with E-state index < -0.39 is 5.97 Å². The van der Waals surface area contributed by atoms with Crippen LogP contribution < -0.4 is 0 Å². The summed E-state index contributed by atoms with van der Waals surface area (Å²) in [5, 5.41) is 0. The normalized spacial score (nSPS) is 10.2. The van der Waals surface area contributed by atoms with Crippen LogP contribution in [0.2, 0.25) is 0 Å². The molecule has 4 heteroatoms. The van der Waals surface area contributed by atoms with Gasteiger partial charge in [-0.2, -0.15) is 0 Å². The van der Waals surface area contributed by atoms with Gasteiger partial charge in [0.15, 0.2) is 16.3 Å². The molecule has 0 heterocycles. The second-order valence-electron chi connectivity index (χ2n) is 1.58. The molecular formula is C6H9BrO3. The second-order valence-corrected chi connectivity index (χ2v) is 1.90. The third-order valence-electron chi connectivity index (χ3n) is 0.819. The summed E-state index contributed by atoms with van der Waals surface area (Å²) >= 11 is 2.55. The van der Waals surface area contributed by atoms with Crippen LogP contribution in [0.25, 0.3) is 0 Å². The molecular weight excluding hydrogens is 200 g/mol. The molecule has 0 rings (SSSR count). The average Bonchev–Trinajstić information content (AvgIpc) is 1.98. The Morgan fingerprint density at radius 1 is 1.70 bits per heavy atom. The molecule has 0 aromatic heterocycles. The molecule has 0 spiro atoms. The Labute approximate surface area is 68.5 Å². The Balaban J connectivity index is 3.27. The summed E-state index contributed by atoms with van der Waals surface area (Å²) in [6, 6.07) is 0. The molecule has 10 heavy (non-hydrogen) atoms. The van der Waals surface area contributed by atoms with E-state index in [4.69, 9.17) is 4.74 Å². The van der Waals surface area contributed by atoms with E-state index in [-0.39, 0.29) is 0 Å². The summed E-state index contributed by atoms with van der Waals surface area (Å²) in [7, 11) is 1.61. The second kappa shape index (κ2) is 6.77. The van der Waals surface area contributed by atoms with Gasteiger partial charge in [0.2, 0.25) is 0 Å². The van der Waals surface area contributed by atoms with Gasteiger partial charge in [-0.3, -0.25) is 0 Å². The topological polar surface area (TPSA) is 35.5 Å². The van der Waals surface area contributed by atoms with E-state index >= 15 is 0 Å². The fourth-order valence-electron chi connectivity index (χ4n) is 0.391. The first-order chi connectivity index (χ1) is 4.81. The zero-order valence-electron chi connectivity index (χ0n) is 5.67. The maximum Gasteiger partial charge on any atom is 0.341 e. The van der Waals surface area contributed by atoms with E-state index in [1.54, 1.807) is 13.2 Å². The standard InChI is InChI=1S/C6H9BrO3/c1-9-5-3-2-4-6(8)10-7/h2,4H,3,5H2,1H3. The summed E-state index contributed by atoms with van der Waals surface area (Å²) in [6.45, 7) is 0.617. The fourth-order valence-corrected chi connectivity index (χ4v) is 0.499. The monoisotopic (exact) mass is 208 g/mol. The van der Waals surface area contributed by atoms with Crippen molar-refractivity contribution in [3.8, 4) is 0 Å². The fraction of sp³-hybridized carbons (Fsp3) is 0.500. The average molecular weight is 209 g/mol. The molecule has 0 unspecified atom stereocenters. The van der Waals surface area contributed by atoms with Gasteiger partial charge in [-0.15, -0.1) is 0 Å². The van der Waals surface area contributed by atoms with Crippen molar-refractivity contribution in [2.45, 2.75) is 6.42 Å². The van der Waals surface area contributed by atoms with Gasteiger partial charge in [-0.25, -0.2) is 4.79 Å². The molecule has 0 aliphatic heterocycles. The Kier molecular flexibility index (Phi) is 6.53. The lowest BCUT2D eigenvalue weighted by Gasteiger charge is -1.89. The van der Waals surface area contributed by atoms with E-state index in [2.05, 4.69) is 20.1 Å². The number of carbonyl (C=O) groups excluding carboxylic acids is 1. The van der Waals surface area contributed by atoms with Gasteiger partial charge in [-0.1, -0.05) is 6.08 Å². The van der Waals surface area contributed by atoms with Crippen LogP contribution in [0.4, 0.5) is 0 Å². The van der Waals surface area contributed by atoms with Gasteiger partial charge in [0.25, 0.3) is 0 Å². The first-order valence-electron chi connectivity index (χ1n) is 2.79. The maximum atomic E-state index is 10.4. The number of hydrogen-bond donors (Lipinski definition) is 0. The molecule has 58 valence electrons. The molecule has 0 saturated heterocycles. The van der Waals surface area contributed by atoms with Crippen LogP contribution in [-0.4, -0.2) is 19.7 Å². The third-order valence-corrected chi connectivity index (χ3v) is 1.14. The SMILES string of the molecule is COCCC=CC(=O)OBr. The quantitative estimate of drug-likeness (QED) is 0.519. The molecule has 3 nitrogen and oxygen atoms in total. The van der Waals surface area contributed by atoms with Crippen molar-refractivity contribution < 1.29 is 13.4 Å². The van der Waals surface area contributed by atoms with Crippen LogP contribution >= 0.6 is 16.3 Å². The first-order valence-corrected chi connectivity index (χ1v) is 3.44.